The maximum atomic E-state index is 13.1. The first-order valence-electron chi connectivity index (χ1n) is 12.0. The third-order valence-corrected chi connectivity index (χ3v) is 6.59. The molecule has 2 N–H and O–H groups in total. The number of amides is 1. The molecule has 1 unspecified atom stereocenters. The van der Waals surface area contributed by atoms with E-state index in [1.807, 2.05) is 30.6 Å². The molecule has 0 bridgehead atoms. The number of nitrogens with one attached hydrogen (secondary N) is 2. The Kier molecular flexibility index (Phi) is 6.61. The van der Waals surface area contributed by atoms with Gasteiger partial charge in [0, 0.05) is 56.4 Å². The Balaban J connectivity index is 1.30. The van der Waals surface area contributed by atoms with Gasteiger partial charge >= 0.3 is 0 Å². The van der Waals surface area contributed by atoms with E-state index in [0.717, 1.165) is 61.4 Å². The van der Waals surface area contributed by atoms with Gasteiger partial charge in [-0.25, -0.2) is 4.98 Å². The van der Waals surface area contributed by atoms with Crippen molar-refractivity contribution in [2.24, 2.45) is 4.99 Å². The summed E-state index contributed by atoms with van der Waals surface area (Å²) in [5.41, 5.74) is 4.28. The van der Waals surface area contributed by atoms with Crippen LogP contribution in [-0.2, 0) is 0 Å². The molecule has 1 aromatic carbocycles. The number of aromatic nitrogens is 3. The van der Waals surface area contributed by atoms with Crippen molar-refractivity contribution < 1.29 is 4.79 Å². The molecule has 0 spiro atoms. The van der Waals surface area contributed by atoms with Crippen molar-refractivity contribution in [3.63, 3.8) is 0 Å². The van der Waals surface area contributed by atoms with Gasteiger partial charge in [-0.1, -0.05) is 6.07 Å². The highest BCUT2D eigenvalue weighted by atomic mass is 16.1. The van der Waals surface area contributed by atoms with Gasteiger partial charge < -0.3 is 20.0 Å². The molecule has 1 saturated heterocycles. The molecular formula is C26H32N8O. The molecule has 1 atom stereocenters. The van der Waals surface area contributed by atoms with Crippen molar-refractivity contribution in [3.8, 4) is 0 Å². The number of H-pyrrole nitrogens is 1. The fraction of sp³-hybridized carbons (Fsp3) is 0.385. The predicted molar refractivity (Wildman–Crippen MR) is 140 cm³/mol. The number of nitrogens with zero attached hydrogens (tertiary/aromatic N) is 6. The van der Waals surface area contributed by atoms with Crippen molar-refractivity contribution in [2.45, 2.75) is 12.3 Å². The van der Waals surface area contributed by atoms with Crippen molar-refractivity contribution in [2.75, 3.05) is 64.1 Å². The van der Waals surface area contributed by atoms with Gasteiger partial charge in [0.15, 0.2) is 5.69 Å². The molecule has 182 valence electrons. The smallest absolute Gasteiger partial charge is 0.276 e. The normalized spacial score (nSPS) is 18.8. The van der Waals surface area contributed by atoms with Crippen LogP contribution in [0.1, 0.15) is 28.4 Å². The van der Waals surface area contributed by atoms with E-state index in [1.54, 1.807) is 6.20 Å². The molecule has 9 nitrogen and oxygen atoms in total. The molecule has 2 aliphatic rings. The molecule has 1 fully saturated rings. The van der Waals surface area contributed by atoms with E-state index in [1.165, 1.54) is 5.57 Å². The average Bonchev–Trinajstić information content (AvgIpc) is 3.28. The number of anilines is 2. The molecule has 9 heteroatoms. The van der Waals surface area contributed by atoms with Gasteiger partial charge in [-0.15, -0.1) is 0 Å². The van der Waals surface area contributed by atoms with Crippen molar-refractivity contribution in [1.82, 2.24) is 25.0 Å². The Labute approximate surface area is 205 Å². The van der Waals surface area contributed by atoms with Gasteiger partial charge in [0.2, 0.25) is 0 Å². The lowest BCUT2D eigenvalue weighted by atomic mass is 9.90. The number of rotatable bonds is 6. The number of aromatic amines is 1. The lowest BCUT2D eigenvalue weighted by molar-refractivity contribution is 0.102. The maximum absolute atomic E-state index is 13.1. The number of likely N-dealkylation sites (N-methyl/N-ethyl adjacent to an activating group) is 2. The second kappa shape index (κ2) is 9.97. The van der Waals surface area contributed by atoms with Crippen LogP contribution in [0, 0.1) is 0 Å². The third-order valence-electron chi connectivity index (χ3n) is 6.59. The topological polar surface area (TPSA) is 92.7 Å². The van der Waals surface area contributed by atoms with E-state index in [2.05, 4.69) is 73.5 Å². The number of fused-ring (bicyclic) bond motifs is 1. The van der Waals surface area contributed by atoms with Gasteiger partial charge in [0.25, 0.3) is 5.91 Å². The summed E-state index contributed by atoms with van der Waals surface area (Å²) in [4.78, 5) is 28.9. The second-order valence-corrected chi connectivity index (χ2v) is 9.66. The summed E-state index contributed by atoms with van der Waals surface area (Å²) >= 11 is 0. The van der Waals surface area contributed by atoms with Gasteiger partial charge in [-0.05, 0) is 63.0 Å². The summed E-state index contributed by atoms with van der Waals surface area (Å²) in [6, 6.07) is 9.98. The third kappa shape index (κ3) is 5.26. The molecule has 35 heavy (non-hydrogen) atoms. The SMILES string of the molecule is CN(C)CC1=CN=CC(c2ccc3[nH]nc(C(=O)Nc4ccc(N5CCN(C)CC5)nc4)c3c2)C1. The van der Waals surface area contributed by atoms with Gasteiger partial charge in [-0.3, -0.25) is 14.9 Å². The molecule has 2 aliphatic heterocycles. The van der Waals surface area contributed by atoms with Crippen LogP contribution in [0.3, 0.4) is 0 Å². The minimum absolute atomic E-state index is 0.177. The standard InChI is InChI=1S/C26H32N8O/c1-32(2)17-18-12-20(15-27-14-18)19-4-6-23-22(13-19)25(31-30-23)26(35)29-21-5-7-24(28-16-21)34-10-8-33(3)9-11-34/h4-7,13-16,20H,8-12,17H2,1-3H3,(H,29,35)(H,30,31). The molecule has 2 aromatic heterocycles. The Morgan fingerprint density at radius 1 is 1.17 bits per heavy atom. The van der Waals surface area contributed by atoms with Gasteiger partial charge in [-0.2, -0.15) is 5.10 Å². The van der Waals surface area contributed by atoms with Crippen LogP contribution < -0.4 is 10.2 Å². The lowest BCUT2D eigenvalue weighted by Gasteiger charge is -2.33. The number of carbonyl (C=O) groups excluding carboxylic acids is 1. The number of carbonyl (C=O) groups is 1. The van der Waals surface area contributed by atoms with E-state index in [9.17, 15) is 4.79 Å². The fourth-order valence-electron chi connectivity index (χ4n) is 4.66. The first-order chi connectivity index (χ1) is 17.0. The predicted octanol–water partition coefficient (Wildman–Crippen LogP) is 2.97. The number of hydrogen-bond acceptors (Lipinski definition) is 7. The molecule has 0 saturated carbocycles. The highest BCUT2D eigenvalue weighted by Crippen LogP contribution is 2.29. The monoisotopic (exact) mass is 472 g/mol. The van der Waals surface area contributed by atoms with Crippen molar-refractivity contribution >= 4 is 34.5 Å². The largest absolute Gasteiger partial charge is 0.354 e. The minimum Gasteiger partial charge on any atom is -0.354 e. The van der Waals surface area contributed by atoms with E-state index < -0.39 is 0 Å². The molecule has 0 radical (unpaired) electrons. The quantitative estimate of drug-likeness (QED) is 0.573. The van der Waals surface area contributed by atoms with Crippen LogP contribution in [0.5, 0.6) is 0 Å². The van der Waals surface area contributed by atoms with Gasteiger partial charge in [0.1, 0.15) is 5.82 Å². The molecular weight excluding hydrogens is 440 g/mol. The highest BCUT2D eigenvalue weighted by molar-refractivity contribution is 6.11. The zero-order valence-corrected chi connectivity index (χ0v) is 20.5. The number of pyridine rings is 1. The fourth-order valence-corrected chi connectivity index (χ4v) is 4.66. The van der Waals surface area contributed by atoms with Crippen molar-refractivity contribution in [1.29, 1.82) is 0 Å². The molecule has 1 amide bonds. The molecule has 0 aliphatic carbocycles. The Bertz CT molecular complexity index is 1250. The Hall–Kier alpha value is -3.56. The first kappa shape index (κ1) is 23.2. The molecule has 5 rings (SSSR count). The van der Waals surface area contributed by atoms with E-state index >= 15 is 0 Å². The van der Waals surface area contributed by atoms with Crippen LogP contribution in [0.2, 0.25) is 0 Å². The lowest BCUT2D eigenvalue weighted by Crippen LogP contribution is -2.44. The maximum Gasteiger partial charge on any atom is 0.276 e. The summed E-state index contributed by atoms with van der Waals surface area (Å²) in [5, 5.41) is 11.0. The first-order valence-corrected chi connectivity index (χ1v) is 12.0. The summed E-state index contributed by atoms with van der Waals surface area (Å²) in [7, 11) is 6.26. The zero-order valence-electron chi connectivity index (χ0n) is 20.5. The van der Waals surface area contributed by atoms with Crippen molar-refractivity contribution in [3.05, 3.63) is 59.6 Å². The summed E-state index contributed by atoms with van der Waals surface area (Å²) in [5.74, 6) is 0.854. The summed E-state index contributed by atoms with van der Waals surface area (Å²) in [6.45, 7) is 4.84. The van der Waals surface area contributed by atoms with Crippen LogP contribution in [-0.4, -0.2) is 91.0 Å². The Morgan fingerprint density at radius 3 is 2.74 bits per heavy atom. The Morgan fingerprint density at radius 2 is 2.00 bits per heavy atom. The minimum atomic E-state index is -0.256. The number of benzene rings is 1. The second-order valence-electron chi connectivity index (χ2n) is 9.66. The van der Waals surface area contributed by atoms with Crippen LogP contribution in [0.15, 0.2) is 53.3 Å². The van der Waals surface area contributed by atoms with E-state index in [4.69, 9.17) is 0 Å². The van der Waals surface area contributed by atoms with E-state index in [-0.39, 0.29) is 11.8 Å². The summed E-state index contributed by atoms with van der Waals surface area (Å²) in [6.07, 6.45) is 6.56. The van der Waals surface area contributed by atoms with Crippen LogP contribution in [0.4, 0.5) is 11.5 Å². The number of piperazine rings is 1. The van der Waals surface area contributed by atoms with Gasteiger partial charge in [0.05, 0.1) is 17.4 Å². The molecule has 4 heterocycles. The molecule has 3 aromatic rings. The van der Waals surface area contributed by atoms with Crippen LogP contribution in [0.25, 0.3) is 10.9 Å². The van der Waals surface area contributed by atoms with E-state index in [0.29, 0.717) is 11.4 Å². The number of hydrogen-bond donors (Lipinski definition) is 2. The number of aliphatic imine (C=N–C) groups is 1. The zero-order chi connectivity index (χ0) is 24.4. The summed E-state index contributed by atoms with van der Waals surface area (Å²) < 4.78 is 0. The average molecular weight is 473 g/mol. The highest BCUT2D eigenvalue weighted by Gasteiger charge is 2.20. The van der Waals surface area contributed by atoms with Crippen LogP contribution >= 0.6 is 0 Å².